The van der Waals surface area contributed by atoms with Crippen molar-refractivity contribution in [2.75, 3.05) is 13.2 Å². The monoisotopic (exact) mass is 231 g/mol. The summed E-state index contributed by atoms with van der Waals surface area (Å²) >= 11 is 0. The summed E-state index contributed by atoms with van der Waals surface area (Å²) < 4.78 is 4.60. The molecule has 0 aliphatic rings. The molecule has 0 unspecified atom stereocenters. The van der Waals surface area contributed by atoms with Gasteiger partial charge in [-0.25, -0.2) is 9.59 Å². The number of carboxylic acids is 1. The minimum absolute atomic E-state index is 0.00719. The predicted molar refractivity (Wildman–Crippen MR) is 57.0 cm³/mol. The van der Waals surface area contributed by atoms with E-state index in [1.165, 1.54) is 6.08 Å². The average molecular weight is 231 g/mol. The number of unbranched alkanes of at least 4 members (excludes halogenated alkanes) is 1. The van der Waals surface area contributed by atoms with Gasteiger partial charge in [0.2, 0.25) is 0 Å². The Morgan fingerprint density at radius 3 is 2.62 bits per heavy atom. The number of aliphatic hydroxyl groups excluding tert-OH is 1. The molecule has 0 aliphatic carbocycles. The summed E-state index contributed by atoms with van der Waals surface area (Å²) in [5.41, 5.74) is 0. The number of carbonyl (C=O) groups is 2. The van der Waals surface area contributed by atoms with E-state index in [9.17, 15) is 9.59 Å². The Kier molecular flexibility index (Phi) is 7.87. The van der Waals surface area contributed by atoms with Gasteiger partial charge in [0.05, 0.1) is 0 Å². The summed E-state index contributed by atoms with van der Waals surface area (Å²) in [6, 6.07) is -0.983. The average Bonchev–Trinajstić information content (AvgIpc) is 2.25. The molecule has 6 heteroatoms. The highest BCUT2D eigenvalue weighted by atomic mass is 16.5. The molecule has 92 valence electrons. The number of rotatable bonds is 8. The third-order valence-electron chi connectivity index (χ3n) is 1.82. The number of alkyl carbamates (subject to hydrolysis) is 1. The van der Waals surface area contributed by atoms with Gasteiger partial charge in [-0.1, -0.05) is 12.7 Å². The first-order valence-corrected chi connectivity index (χ1v) is 4.99. The number of aliphatic carboxylic acids is 1. The van der Waals surface area contributed by atoms with E-state index in [0.29, 0.717) is 12.8 Å². The standard InChI is InChI=1S/C10H17NO5/c1-2-7-16-10(15)11-8(9(13)14)5-3-4-6-12/h2,8,12H,1,3-7H2,(H,11,15)(H,13,14)/t8-/m0/s1. The Morgan fingerprint density at radius 1 is 1.44 bits per heavy atom. The maximum absolute atomic E-state index is 11.1. The van der Waals surface area contributed by atoms with Crippen molar-refractivity contribution in [1.82, 2.24) is 5.32 Å². The molecule has 0 fully saturated rings. The van der Waals surface area contributed by atoms with E-state index in [0.717, 1.165) is 0 Å². The molecule has 0 saturated heterocycles. The normalized spacial score (nSPS) is 11.6. The quantitative estimate of drug-likeness (QED) is 0.418. The SMILES string of the molecule is C=CCOC(=O)N[C@@H](CCCCO)C(=O)O. The molecular formula is C10H17NO5. The second-order valence-corrected chi connectivity index (χ2v) is 3.14. The van der Waals surface area contributed by atoms with Crippen LogP contribution in [0, 0.1) is 0 Å². The first-order valence-electron chi connectivity index (χ1n) is 4.99. The highest BCUT2D eigenvalue weighted by Crippen LogP contribution is 2.01. The molecule has 0 rings (SSSR count). The van der Waals surface area contributed by atoms with Gasteiger partial charge in [0, 0.05) is 6.61 Å². The van der Waals surface area contributed by atoms with Gasteiger partial charge in [0.25, 0.3) is 0 Å². The molecule has 0 spiro atoms. The van der Waals surface area contributed by atoms with Gasteiger partial charge in [-0.3, -0.25) is 0 Å². The van der Waals surface area contributed by atoms with Crippen molar-refractivity contribution in [3.05, 3.63) is 12.7 Å². The number of aliphatic hydroxyl groups is 1. The molecule has 1 atom stereocenters. The minimum Gasteiger partial charge on any atom is -0.480 e. The van der Waals surface area contributed by atoms with E-state index in [1.807, 2.05) is 0 Å². The van der Waals surface area contributed by atoms with Gasteiger partial charge in [-0.15, -0.1) is 0 Å². The van der Waals surface area contributed by atoms with Gasteiger partial charge in [0.15, 0.2) is 0 Å². The van der Waals surface area contributed by atoms with Crippen LogP contribution in [0.15, 0.2) is 12.7 Å². The number of amides is 1. The predicted octanol–water partition coefficient (Wildman–Crippen LogP) is 0.514. The molecule has 0 saturated carbocycles. The van der Waals surface area contributed by atoms with Crippen LogP contribution in [-0.2, 0) is 9.53 Å². The zero-order valence-electron chi connectivity index (χ0n) is 9.02. The van der Waals surface area contributed by atoms with E-state index in [-0.39, 0.29) is 19.6 Å². The summed E-state index contributed by atoms with van der Waals surface area (Å²) in [6.45, 7) is 3.40. The second-order valence-electron chi connectivity index (χ2n) is 3.14. The lowest BCUT2D eigenvalue weighted by Crippen LogP contribution is -2.41. The maximum atomic E-state index is 11.1. The largest absolute Gasteiger partial charge is 0.480 e. The van der Waals surface area contributed by atoms with Crippen molar-refractivity contribution in [3.63, 3.8) is 0 Å². The van der Waals surface area contributed by atoms with Crippen molar-refractivity contribution in [2.24, 2.45) is 0 Å². The number of hydrogen-bond donors (Lipinski definition) is 3. The van der Waals surface area contributed by atoms with E-state index < -0.39 is 18.1 Å². The van der Waals surface area contributed by atoms with Crippen molar-refractivity contribution in [1.29, 1.82) is 0 Å². The van der Waals surface area contributed by atoms with Crippen LogP contribution in [0.4, 0.5) is 4.79 Å². The molecule has 1 amide bonds. The van der Waals surface area contributed by atoms with Crippen LogP contribution in [0.3, 0.4) is 0 Å². The molecule has 0 bridgehead atoms. The first-order chi connectivity index (χ1) is 7.61. The van der Waals surface area contributed by atoms with Gasteiger partial charge in [-0.2, -0.15) is 0 Å². The number of carbonyl (C=O) groups excluding carboxylic acids is 1. The molecule has 6 nitrogen and oxygen atoms in total. The lowest BCUT2D eigenvalue weighted by molar-refractivity contribution is -0.139. The summed E-state index contributed by atoms with van der Waals surface area (Å²) in [5.74, 6) is -1.12. The van der Waals surface area contributed by atoms with Crippen LogP contribution in [0.25, 0.3) is 0 Å². The lowest BCUT2D eigenvalue weighted by Gasteiger charge is -2.13. The van der Waals surface area contributed by atoms with Gasteiger partial charge >= 0.3 is 12.1 Å². The fraction of sp³-hybridized carbons (Fsp3) is 0.600. The van der Waals surface area contributed by atoms with E-state index in [1.54, 1.807) is 0 Å². The zero-order chi connectivity index (χ0) is 12.4. The minimum atomic E-state index is -1.12. The van der Waals surface area contributed by atoms with Crippen molar-refractivity contribution in [2.45, 2.75) is 25.3 Å². The number of carboxylic acid groups (broad SMARTS) is 1. The fourth-order valence-electron chi connectivity index (χ4n) is 1.04. The van der Waals surface area contributed by atoms with Crippen LogP contribution in [0.2, 0.25) is 0 Å². The molecular weight excluding hydrogens is 214 g/mol. The highest BCUT2D eigenvalue weighted by molar-refractivity contribution is 5.79. The van der Waals surface area contributed by atoms with Crippen molar-refractivity contribution >= 4 is 12.1 Å². The Balaban J connectivity index is 3.96. The van der Waals surface area contributed by atoms with E-state index in [2.05, 4.69) is 16.6 Å². The third kappa shape index (κ3) is 6.83. The van der Waals surface area contributed by atoms with Gasteiger partial charge in [0.1, 0.15) is 12.6 Å². The topological polar surface area (TPSA) is 95.9 Å². The summed E-state index contributed by atoms with van der Waals surface area (Å²) in [5, 5.41) is 19.6. The smallest absolute Gasteiger partial charge is 0.408 e. The van der Waals surface area contributed by atoms with Crippen LogP contribution in [0.1, 0.15) is 19.3 Å². The third-order valence-corrected chi connectivity index (χ3v) is 1.82. The molecule has 0 aromatic rings. The molecule has 16 heavy (non-hydrogen) atoms. The Labute approximate surface area is 93.9 Å². The fourth-order valence-corrected chi connectivity index (χ4v) is 1.04. The van der Waals surface area contributed by atoms with Gasteiger partial charge in [-0.05, 0) is 19.3 Å². The summed E-state index contributed by atoms with van der Waals surface area (Å²) in [4.78, 5) is 21.8. The summed E-state index contributed by atoms with van der Waals surface area (Å²) in [7, 11) is 0. The molecule has 3 N–H and O–H groups in total. The van der Waals surface area contributed by atoms with Crippen molar-refractivity contribution < 1.29 is 24.5 Å². The number of nitrogens with one attached hydrogen (secondary N) is 1. The maximum Gasteiger partial charge on any atom is 0.408 e. The van der Waals surface area contributed by atoms with E-state index in [4.69, 9.17) is 10.2 Å². The van der Waals surface area contributed by atoms with Crippen molar-refractivity contribution in [3.8, 4) is 0 Å². The summed E-state index contributed by atoms with van der Waals surface area (Å²) in [6.07, 6.45) is 1.90. The number of ether oxygens (including phenoxy) is 1. The molecule has 0 aliphatic heterocycles. The van der Waals surface area contributed by atoms with Crippen LogP contribution >= 0.6 is 0 Å². The van der Waals surface area contributed by atoms with Crippen LogP contribution in [0.5, 0.6) is 0 Å². The first kappa shape index (κ1) is 14.4. The zero-order valence-corrected chi connectivity index (χ0v) is 9.02. The molecule has 0 heterocycles. The lowest BCUT2D eigenvalue weighted by atomic mass is 10.1. The Hall–Kier alpha value is -1.56. The highest BCUT2D eigenvalue weighted by Gasteiger charge is 2.19. The van der Waals surface area contributed by atoms with Crippen LogP contribution < -0.4 is 5.32 Å². The molecule has 0 aromatic carbocycles. The second kappa shape index (κ2) is 8.72. The van der Waals surface area contributed by atoms with Crippen LogP contribution in [-0.4, -0.2) is 41.5 Å². The number of hydrogen-bond acceptors (Lipinski definition) is 4. The molecule has 0 radical (unpaired) electrons. The molecule has 0 aromatic heterocycles. The Morgan fingerprint density at radius 2 is 2.12 bits per heavy atom. The van der Waals surface area contributed by atoms with E-state index >= 15 is 0 Å². The Bertz CT molecular complexity index is 241. The van der Waals surface area contributed by atoms with Gasteiger partial charge < -0.3 is 20.3 Å².